The van der Waals surface area contributed by atoms with Crippen LogP contribution in [0.2, 0.25) is 0 Å². The molecule has 2 rings (SSSR count). The largest absolute Gasteiger partial charge is 0.493 e. The van der Waals surface area contributed by atoms with Gasteiger partial charge in [-0.25, -0.2) is 0 Å². The Kier molecular flexibility index (Phi) is 6.33. The van der Waals surface area contributed by atoms with Crippen molar-refractivity contribution in [1.29, 1.82) is 0 Å². The minimum absolute atomic E-state index is 0.109. The number of methoxy groups -OCH3 is 1. The van der Waals surface area contributed by atoms with Gasteiger partial charge in [-0.2, -0.15) is 13.2 Å². The number of carbonyl (C=O) groups is 1. The molecule has 1 fully saturated rings. The zero-order valence-electron chi connectivity index (χ0n) is 14.1. The molecule has 0 bridgehead atoms. The van der Waals surface area contributed by atoms with Crippen LogP contribution in [0.25, 0.3) is 0 Å². The van der Waals surface area contributed by atoms with Crippen molar-refractivity contribution < 1.29 is 27.4 Å². The second kappa shape index (κ2) is 8.27. The van der Waals surface area contributed by atoms with E-state index in [1.165, 1.54) is 25.3 Å². The van der Waals surface area contributed by atoms with Gasteiger partial charge < -0.3 is 14.4 Å². The van der Waals surface area contributed by atoms with E-state index in [0.29, 0.717) is 16.4 Å². The Morgan fingerprint density at radius 3 is 2.56 bits per heavy atom. The lowest BCUT2D eigenvalue weighted by Crippen LogP contribution is -2.39. The van der Waals surface area contributed by atoms with E-state index in [0.717, 1.165) is 25.7 Å². The molecule has 25 heavy (non-hydrogen) atoms. The highest BCUT2D eigenvalue weighted by Gasteiger charge is 2.33. The van der Waals surface area contributed by atoms with Gasteiger partial charge in [0.2, 0.25) is 0 Å². The lowest BCUT2D eigenvalue weighted by atomic mass is 10.1. The quantitative estimate of drug-likeness (QED) is 0.686. The SMILES string of the molecule is C=CCN(CC(F)(F)F)C(=O)c1ccc(OC2CCCC2)c(OC)c1. The van der Waals surface area contributed by atoms with Crippen molar-refractivity contribution in [2.45, 2.75) is 38.0 Å². The number of ether oxygens (including phenoxy) is 2. The number of hydrogen-bond donors (Lipinski definition) is 0. The van der Waals surface area contributed by atoms with Crippen LogP contribution >= 0.6 is 0 Å². The molecule has 0 heterocycles. The maximum Gasteiger partial charge on any atom is 0.406 e. The Morgan fingerprint density at radius 2 is 2.00 bits per heavy atom. The van der Waals surface area contributed by atoms with Crippen LogP contribution in [0.4, 0.5) is 13.2 Å². The molecule has 138 valence electrons. The molecular formula is C18H22F3NO3. The van der Waals surface area contributed by atoms with Crippen molar-refractivity contribution in [2.24, 2.45) is 0 Å². The van der Waals surface area contributed by atoms with Crippen LogP contribution < -0.4 is 9.47 Å². The summed E-state index contributed by atoms with van der Waals surface area (Å²) < 4.78 is 49.1. The fourth-order valence-electron chi connectivity index (χ4n) is 2.86. The summed E-state index contributed by atoms with van der Waals surface area (Å²) in [6.45, 7) is 1.88. The fraction of sp³-hybridized carbons (Fsp3) is 0.500. The van der Waals surface area contributed by atoms with E-state index in [9.17, 15) is 18.0 Å². The van der Waals surface area contributed by atoms with Gasteiger partial charge in [0, 0.05) is 12.1 Å². The van der Waals surface area contributed by atoms with Crippen molar-refractivity contribution in [3.05, 3.63) is 36.4 Å². The van der Waals surface area contributed by atoms with Crippen molar-refractivity contribution >= 4 is 5.91 Å². The smallest absolute Gasteiger partial charge is 0.406 e. The van der Waals surface area contributed by atoms with Gasteiger partial charge in [-0.05, 0) is 43.9 Å². The molecule has 1 saturated carbocycles. The Hall–Kier alpha value is -2.18. The molecule has 1 aliphatic carbocycles. The van der Waals surface area contributed by atoms with E-state index in [2.05, 4.69) is 6.58 Å². The average molecular weight is 357 g/mol. The molecule has 0 radical (unpaired) electrons. The summed E-state index contributed by atoms with van der Waals surface area (Å²) in [5.41, 5.74) is 0.113. The highest BCUT2D eigenvalue weighted by atomic mass is 19.4. The molecule has 0 saturated heterocycles. The predicted octanol–water partition coefficient (Wildman–Crippen LogP) is 4.21. The first-order valence-corrected chi connectivity index (χ1v) is 8.15. The minimum Gasteiger partial charge on any atom is -0.493 e. The molecule has 1 aromatic carbocycles. The Labute approximate surface area is 145 Å². The predicted molar refractivity (Wildman–Crippen MR) is 88.0 cm³/mol. The van der Waals surface area contributed by atoms with E-state index in [4.69, 9.17) is 9.47 Å². The zero-order chi connectivity index (χ0) is 18.4. The molecule has 1 aromatic rings. The van der Waals surface area contributed by atoms with Crippen molar-refractivity contribution in [2.75, 3.05) is 20.2 Å². The Morgan fingerprint density at radius 1 is 1.32 bits per heavy atom. The van der Waals surface area contributed by atoms with Crippen LogP contribution in [0.1, 0.15) is 36.0 Å². The number of carbonyl (C=O) groups excluding carboxylic acids is 1. The summed E-state index contributed by atoms with van der Waals surface area (Å²) in [6.07, 6.45) is 1.03. The first-order valence-electron chi connectivity index (χ1n) is 8.15. The van der Waals surface area contributed by atoms with Crippen LogP contribution in [0, 0.1) is 0 Å². The van der Waals surface area contributed by atoms with Crippen LogP contribution in [-0.4, -0.2) is 43.3 Å². The monoisotopic (exact) mass is 357 g/mol. The van der Waals surface area contributed by atoms with E-state index < -0.39 is 18.6 Å². The number of benzene rings is 1. The van der Waals surface area contributed by atoms with Crippen molar-refractivity contribution in [1.82, 2.24) is 4.90 Å². The average Bonchev–Trinajstić information content (AvgIpc) is 3.06. The second-order valence-electron chi connectivity index (χ2n) is 5.98. The third kappa shape index (κ3) is 5.41. The van der Waals surface area contributed by atoms with Gasteiger partial charge in [0.15, 0.2) is 11.5 Å². The van der Waals surface area contributed by atoms with Crippen LogP contribution in [0.5, 0.6) is 11.5 Å². The lowest BCUT2D eigenvalue weighted by Gasteiger charge is -2.23. The van der Waals surface area contributed by atoms with Gasteiger partial charge in [-0.3, -0.25) is 4.79 Å². The van der Waals surface area contributed by atoms with Crippen LogP contribution in [-0.2, 0) is 0 Å². The summed E-state index contributed by atoms with van der Waals surface area (Å²) in [5, 5.41) is 0. The van der Waals surface area contributed by atoms with E-state index in [1.54, 1.807) is 6.07 Å². The normalized spacial score (nSPS) is 15.0. The first-order chi connectivity index (χ1) is 11.8. The maximum atomic E-state index is 12.7. The van der Waals surface area contributed by atoms with Crippen LogP contribution in [0.15, 0.2) is 30.9 Å². The van der Waals surface area contributed by atoms with Gasteiger partial charge in [0.25, 0.3) is 5.91 Å². The third-order valence-electron chi connectivity index (χ3n) is 4.01. The first kappa shape index (κ1) is 19.1. The molecule has 0 spiro atoms. The molecule has 7 heteroatoms. The molecule has 4 nitrogen and oxygen atoms in total. The summed E-state index contributed by atoms with van der Waals surface area (Å²) >= 11 is 0. The molecule has 0 aliphatic heterocycles. The molecule has 0 N–H and O–H groups in total. The maximum absolute atomic E-state index is 12.7. The van der Waals surface area contributed by atoms with Gasteiger partial charge in [-0.1, -0.05) is 6.08 Å². The number of halogens is 3. The number of amides is 1. The zero-order valence-corrected chi connectivity index (χ0v) is 14.1. The van der Waals surface area contributed by atoms with Crippen molar-refractivity contribution in [3.8, 4) is 11.5 Å². The van der Waals surface area contributed by atoms with Crippen LogP contribution in [0.3, 0.4) is 0 Å². The summed E-state index contributed by atoms with van der Waals surface area (Å²) in [4.78, 5) is 13.1. The number of alkyl halides is 3. The van der Waals surface area contributed by atoms with Gasteiger partial charge >= 0.3 is 6.18 Å². The molecule has 0 unspecified atom stereocenters. The molecule has 1 aliphatic rings. The number of nitrogens with zero attached hydrogens (tertiary/aromatic N) is 1. The standard InChI is InChI=1S/C18H22F3NO3/c1-3-10-22(12-18(19,20)21)17(23)13-8-9-15(16(11-13)24-2)25-14-6-4-5-7-14/h3,8-9,11,14H,1,4-7,10,12H2,2H3. The topological polar surface area (TPSA) is 38.8 Å². The molecule has 0 atom stereocenters. The molecular weight excluding hydrogens is 335 g/mol. The number of rotatable bonds is 7. The van der Waals surface area contributed by atoms with E-state index >= 15 is 0 Å². The summed E-state index contributed by atoms with van der Waals surface area (Å²) in [7, 11) is 1.43. The summed E-state index contributed by atoms with van der Waals surface area (Å²) in [6, 6.07) is 4.45. The van der Waals surface area contributed by atoms with E-state index in [1.807, 2.05) is 0 Å². The van der Waals surface area contributed by atoms with E-state index in [-0.39, 0.29) is 18.2 Å². The minimum atomic E-state index is -4.48. The number of hydrogen-bond acceptors (Lipinski definition) is 3. The lowest BCUT2D eigenvalue weighted by molar-refractivity contribution is -0.139. The van der Waals surface area contributed by atoms with Gasteiger partial charge in [-0.15, -0.1) is 6.58 Å². The molecule has 1 amide bonds. The fourth-order valence-corrected chi connectivity index (χ4v) is 2.86. The van der Waals surface area contributed by atoms with Gasteiger partial charge in [0.1, 0.15) is 6.54 Å². The summed E-state index contributed by atoms with van der Waals surface area (Å²) in [5.74, 6) is 0.100. The van der Waals surface area contributed by atoms with Gasteiger partial charge in [0.05, 0.1) is 13.2 Å². The molecule has 0 aromatic heterocycles. The Bertz CT molecular complexity index is 610. The third-order valence-corrected chi connectivity index (χ3v) is 4.01. The Balaban J connectivity index is 2.19. The second-order valence-corrected chi connectivity index (χ2v) is 5.98. The van der Waals surface area contributed by atoms with Crippen molar-refractivity contribution in [3.63, 3.8) is 0 Å². The highest BCUT2D eigenvalue weighted by molar-refractivity contribution is 5.95. The highest BCUT2D eigenvalue weighted by Crippen LogP contribution is 2.33.